The molecule has 0 spiro atoms. The third-order valence-electron chi connectivity index (χ3n) is 6.48. The lowest BCUT2D eigenvalue weighted by molar-refractivity contribution is 0.0302. The molecule has 0 N–H and O–H groups in total. The van der Waals surface area contributed by atoms with Crippen molar-refractivity contribution in [2.75, 3.05) is 0 Å². The Morgan fingerprint density at radius 1 is 0.688 bits per heavy atom. The zero-order valence-electron chi connectivity index (χ0n) is 12.0. The average Bonchev–Trinajstić information content (AvgIpc) is 2.68. The van der Waals surface area contributed by atoms with Crippen molar-refractivity contribution in [2.24, 2.45) is 47.3 Å². The van der Waals surface area contributed by atoms with Gasteiger partial charge in [-0.05, 0) is 60.2 Å². The molecule has 0 aromatic heterocycles. The molecule has 0 aromatic rings. The van der Waals surface area contributed by atoms with Crippen LogP contribution in [0, 0.1) is 47.3 Å². The molecule has 6 atom stereocenters. The lowest BCUT2D eigenvalue weighted by atomic mass is 9.60. The normalized spacial score (nSPS) is 53.1. The van der Waals surface area contributed by atoms with Gasteiger partial charge in [0.1, 0.15) is 0 Å². The highest BCUT2D eigenvalue weighted by atomic mass is 14.5. The lowest BCUT2D eigenvalue weighted by Crippen LogP contribution is -2.39. The Labute approximate surface area is 102 Å². The first-order valence-corrected chi connectivity index (χ1v) is 7.43. The highest BCUT2D eigenvalue weighted by Crippen LogP contribution is 2.55. The van der Waals surface area contributed by atoms with E-state index in [9.17, 15) is 0 Å². The zero-order chi connectivity index (χ0) is 12.0. The molecule has 16 heavy (non-hydrogen) atoms. The monoisotopic (exact) mass is 222 g/mol. The van der Waals surface area contributed by atoms with Crippen LogP contribution >= 0.6 is 0 Å². The Balaban J connectivity index is 2.16. The van der Waals surface area contributed by atoms with Gasteiger partial charge in [-0.1, -0.05) is 41.5 Å². The fourth-order valence-electron chi connectivity index (χ4n) is 4.64. The van der Waals surface area contributed by atoms with Gasteiger partial charge in [-0.25, -0.2) is 0 Å². The van der Waals surface area contributed by atoms with Crippen molar-refractivity contribution in [3.63, 3.8) is 0 Å². The highest BCUT2D eigenvalue weighted by Gasteiger charge is 2.48. The fourth-order valence-corrected chi connectivity index (χ4v) is 4.64. The predicted molar refractivity (Wildman–Crippen MR) is 71.2 cm³/mol. The van der Waals surface area contributed by atoms with Gasteiger partial charge in [0.25, 0.3) is 0 Å². The second-order valence-corrected chi connectivity index (χ2v) is 7.24. The van der Waals surface area contributed by atoms with Gasteiger partial charge in [-0.2, -0.15) is 0 Å². The van der Waals surface area contributed by atoms with E-state index in [1.807, 2.05) is 0 Å². The van der Waals surface area contributed by atoms with Gasteiger partial charge in [-0.15, -0.1) is 0 Å². The Morgan fingerprint density at radius 2 is 1.06 bits per heavy atom. The van der Waals surface area contributed by atoms with Crippen molar-refractivity contribution in [3.8, 4) is 0 Å². The van der Waals surface area contributed by atoms with Crippen LogP contribution in [0.5, 0.6) is 0 Å². The number of hydrogen-bond acceptors (Lipinski definition) is 0. The Kier molecular flexibility index (Phi) is 3.39. The molecule has 0 amide bonds. The largest absolute Gasteiger partial charge is 0.0625 e. The summed E-state index contributed by atoms with van der Waals surface area (Å²) in [5, 5.41) is 0. The summed E-state index contributed by atoms with van der Waals surface area (Å²) in [5.41, 5.74) is 0. The second-order valence-electron chi connectivity index (χ2n) is 7.24. The van der Waals surface area contributed by atoms with E-state index in [1.165, 1.54) is 12.8 Å². The van der Waals surface area contributed by atoms with Crippen LogP contribution in [0.25, 0.3) is 0 Å². The molecule has 94 valence electrons. The van der Waals surface area contributed by atoms with Crippen molar-refractivity contribution < 1.29 is 0 Å². The van der Waals surface area contributed by atoms with E-state index in [1.54, 1.807) is 0 Å². The van der Waals surface area contributed by atoms with E-state index in [0.29, 0.717) is 0 Å². The van der Waals surface area contributed by atoms with E-state index < -0.39 is 0 Å². The van der Waals surface area contributed by atoms with Gasteiger partial charge in [-0.3, -0.25) is 0 Å². The summed E-state index contributed by atoms with van der Waals surface area (Å²) in [6.45, 7) is 14.9. The smallest absolute Gasteiger partial charge is 0.0352 e. The summed E-state index contributed by atoms with van der Waals surface area (Å²) >= 11 is 0. The Hall–Kier alpha value is 0. The SMILES string of the molecule is CC(C)C1CC2C(C)C(C)C(C)C(C)C2C1. The molecule has 0 saturated heterocycles. The maximum atomic E-state index is 2.52. The molecule has 2 aliphatic carbocycles. The van der Waals surface area contributed by atoms with Crippen LogP contribution in [0.4, 0.5) is 0 Å². The lowest BCUT2D eigenvalue weighted by Gasteiger charge is -2.45. The minimum atomic E-state index is 0.899. The standard InChI is InChI=1S/C16H30/c1-9(2)14-7-15-12(5)10(3)11(4)13(6)16(15)8-14/h9-16H,7-8H2,1-6H3. The van der Waals surface area contributed by atoms with E-state index in [0.717, 1.165) is 47.3 Å². The van der Waals surface area contributed by atoms with Crippen LogP contribution in [-0.2, 0) is 0 Å². The summed E-state index contributed by atoms with van der Waals surface area (Å²) in [4.78, 5) is 0. The highest BCUT2D eigenvalue weighted by molar-refractivity contribution is 4.97. The van der Waals surface area contributed by atoms with Crippen molar-refractivity contribution in [2.45, 2.75) is 54.4 Å². The van der Waals surface area contributed by atoms with Gasteiger partial charge in [0, 0.05) is 0 Å². The zero-order valence-corrected chi connectivity index (χ0v) is 12.0. The first kappa shape index (κ1) is 12.5. The van der Waals surface area contributed by atoms with Crippen molar-refractivity contribution in [1.29, 1.82) is 0 Å². The van der Waals surface area contributed by atoms with Crippen molar-refractivity contribution in [1.82, 2.24) is 0 Å². The molecule has 2 rings (SSSR count). The molecule has 0 aliphatic heterocycles. The maximum absolute atomic E-state index is 2.52. The van der Waals surface area contributed by atoms with E-state index in [4.69, 9.17) is 0 Å². The van der Waals surface area contributed by atoms with Crippen LogP contribution in [0.15, 0.2) is 0 Å². The van der Waals surface area contributed by atoms with Crippen molar-refractivity contribution in [3.05, 3.63) is 0 Å². The minimum absolute atomic E-state index is 0.899. The molecule has 2 aliphatic rings. The van der Waals surface area contributed by atoms with Crippen LogP contribution in [0.3, 0.4) is 0 Å². The summed E-state index contributed by atoms with van der Waals surface area (Å²) in [6.07, 6.45) is 3.04. The first-order chi connectivity index (χ1) is 7.43. The van der Waals surface area contributed by atoms with Gasteiger partial charge in [0.15, 0.2) is 0 Å². The second kappa shape index (κ2) is 4.35. The quantitative estimate of drug-likeness (QED) is 0.595. The van der Waals surface area contributed by atoms with Crippen LogP contribution in [-0.4, -0.2) is 0 Å². The average molecular weight is 222 g/mol. The topological polar surface area (TPSA) is 0 Å². The molecule has 0 bridgehead atoms. The molecule has 0 radical (unpaired) electrons. The molecular weight excluding hydrogens is 192 g/mol. The molecular formula is C16H30. The number of hydrogen-bond donors (Lipinski definition) is 0. The summed E-state index contributed by atoms with van der Waals surface area (Å²) < 4.78 is 0. The molecule has 2 fully saturated rings. The van der Waals surface area contributed by atoms with Crippen LogP contribution in [0.2, 0.25) is 0 Å². The summed E-state index contributed by atoms with van der Waals surface area (Å²) in [5.74, 6) is 7.76. The molecule has 0 heterocycles. The van der Waals surface area contributed by atoms with E-state index in [-0.39, 0.29) is 0 Å². The third kappa shape index (κ3) is 1.83. The maximum Gasteiger partial charge on any atom is -0.0352 e. The van der Waals surface area contributed by atoms with Gasteiger partial charge < -0.3 is 0 Å². The molecule has 6 unspecified atom stereocenters. The molecule has 0 aromatic carbocycles. The molecule has 0 nitrogen and oxygen atoms in total. The number of fused-ring (bicyclic) bond motifs is 1. The van der Waals surface area contributed by atoms with Gasteiger partial charge in [0.05, 0.1) is 0 Å². The van der Waals surface area contributed by atoms with Crippen molar-refractivity contribution >= 4 is 0 Å². The van der Waals surface area contributed by atoms with E-state index >= 15 is 0 Å². The van der Waals surface area contributed by atoms with E-state index in [2.05, 4.69) is 41.5 Å². The first-order valence-electron chi connectivity index (χ1n) is 7.43. The minimum Gasteiger partial charge on any atom is -0.0625 e. The third-order valence-corrected chi connectivity index (χ3v) is 6.48. The summed E-state index contributed by atoms with van der Waals surface area (Å²) in [7, 11) is 0. The van der Waals surface area contributed by atoms with Gasteiger partial charge in [0.2, 0.25) is 0 Å². The fraction of sp³-hybridized carbons (Fsp3) is 1.00. The van der Waals surface area contributed by atoms with Crippen LogP contribution < -0.4 is 0 Å². The number of rotatable bonds is 1. The Bertz CT molecular complexity index is 220. The summed E-state index contributed by atoms with van der Waals surface area (Å²) in [6, 6.07) is 0. The predicted octanol–water partition coefficient (Wildman–Crippen LogP) is 4.84. The van der Waals surface area contributed by atoms with Crippen LogP contribution in [0.1, 0.15) is 54.4 Å². The van der Waals surface area contributed by atoms with Gasteiger partial charge >= 0.3 is 0 Å². The Morgan fingerprint density at radius 3 is 1.38 bits per heavy atom. The molecule has 0 heteroatoms. The molecule has 2 saturated carbocycles.